The molecule has 0 radical (unpaired) electrons. The molecule has 2 N–H and O–H groups in total. The quantitative estimate of drug-likeness (QED) is 0.438. The van der Waals surface area contributed by atoms with Crippen LogP contribution in [0.15, 0.2) is 60.5 Å². The van der Waals surface area contributed by atoms with Gasteiger partial charge in [-0.3, -0.25) is 24.9 Å². The molecule has 0 spiro atoms. The molecule has 42 heavy (non-hydrogen) atoms. The van der Waals surface area contributed by atoms with Crippen molar-refractivity contribution in [1.82, 2.24) is 25.0 Å². The van der Waals surface area contributed by atoms with Crippen molar-refractivity contribution in [2.24, 2.45) is 0 Å². The summed E-state index contributed by atoms with van der Waals surface area (Å²) in [7, 11) is 0. The van der Waals surface area contributed by atoms with E-state index in [0.717, 1.165) is 87.2 Å². The number of likely N-dealkylation sites (tertiary alicyclic amines) is 1. The predicted octanol–water partition coefficient (Wildman–Crippen LogP) is 4.64. The van der Waals surface area contributed by atoms with E-state index in [-0.39, 0.29) is 23.8 Å². The molecular weight excluding hydrogens is 548 g/mol. The van der Waals surface area contributed by atoms with E-state index < -0.39 is 0 Å². The zero-order valence-electron chi connectivity index (χ0n) is 23.6. The van der Waals surface area contributed by atoms with Crippen LogP contribution in [0.2, 0.25) is 0 Å². The van der Waals surface area contributed by atoms with E-state index in [1.165, 1.54) is 4.88 Å². The number of allylic oxidation sites excluding steroid dienone is 2. The van der Waals surface area contributed by atoms with E-state index in [9.17, 15) is 9.59 Å². The van der Waals surface area contributed by atoms with Crippen LogP contribution in [-0.2, 0) is 22.4 Å². The molecule has 2 fully saturated rings. The summed E-state index contributed by atoms with van der Waals surface area (Å²) in [5, 5.41) is 10.7. The first kappa shape index (κ1) is 27.2. The molecule has 2 aliphatic carbocycles. The van der Waals surface area contributed by atoms with Crippen LogP contribution in [0, 0.1) is 0 Å². The van der Waals surface area contributed by atoms with E-state index in [1.807, 2.05) is 47.6 Å². The monoisotopic (exact) mass is 584 g/mol. The highest BCUT2D eigenvalue weighted by atomic mass is 32.1. The number of morpholine rings is 1. The highest BCUT2D eigenvalue weighted by molar-refractivity contribution is 7.15. The molecule has 3 aromatic rings. The van der Waals surface area contributed by atoms with Gasteiger partial charge in [0, 0.05) is 53.8 Å². The van der Waals surface area contributed by atoms with Gasteiger partial charge in [-0.15, -0.1) is 11.3 Å². The van der Waals surface area contributed by atoms with E-state index >= 15 is 0 Å². The molecule has 7 rings (SSSR count). The largest absolute Gasteiger partial charge is 0.379 e. The second kappa shape index (κ2) is 11.9. The number of aromatic amines is 1. The number of amides is 2. The topological polar surface area (TPSA) is 103 Å². The van der Waals surface area contributed by atoms with Gasteiger partial charge in [0.15, 0.2) is 5.13 Å². The molecular formula is C32H36N6O3S. The van der Waals surface area contributed by atoms with Gasteiger partial charge in [0.1, 0.15) is 0 Å². The van der Waals surface area contributed by atoms with E-state index in [2.05, 4.69) is 32.6 Å². The maximum atomic E-state index is 13.7. The molecule has 2 aromatic heterocycles. The van der Waals surface area contributed by atoms with Crippen LogP contribution in [0.3, 0.4) is 0 Å². The molecule has 10 heteroatoms. The van der Waals surface area contributed by atoms with Crippen LogP contribution >= 0.6 is 11.3 Å². The number of H-pyrrole nitrogens is 1. The SMILES string of the molecule is O=C(Nc1nc2c(s1)C[C@@H](N1CCOCC1)CC2)c1cccc([C@H]2CCCN2C(=O)C2=CC(c3cn[nH]c3)CC=C2)c1. The van der Waals surface area contributed by atoms with Gasteiger partial charge in [-0.05, 0) is 61.8 Å². The Morgan fingerprint density at radius 3 is 2.88 bits per heavy atom. The number of anilines is 1. The number of benzene rings is 1. The summed E-state index contributed by atoms with van der Waals surface area (Å²) in [5.41, 5.74) is 4.50. The van der Waals surface area contributed by atoms with E-state index in [1.54, 1.807) is 11.3 Å². The standard InChI is InChI=1S/C32H36N6O3S/c39-30(36-32-35-27-10-9-26(18-29(27)42-32)37-12-14-41-15-13-37)23-6-2-5-22(17-23)28-8-3-11-38(28)31(40)24-7-1-4-21(16-24)25-19-33-34-20-25/h1-2,5-7,16-17,19-21,26,28H,3-4,8-15,18H2,(H,33,34)(H,35,36,39)/t21?,26-,28+/m0/s1. The Hall–Kier alpha value is -3.60. The highest BCUT2D eigenvalue weighted by Crippen LogP contribution is 2.36. The van der Waals surface area contributed by atoms with Crippen LogP contribution in [0.25, 0.3) is 0 Å². The van der Waals surface area contributed by atoms with Gasteiger partial charge in [0.05, 0.1) is 31.1 Å². The molecule has 2 amide bonds. The number of nitrogens with one attached hydrogen (secondary N) is 2. The fraction of sp³-hybridized carbons (Fsp3) is 0.438. The number of aromatic nitrogens is 3. The average molecular weight is 585 g/mol. The molecule has 4 aliphatic rings. The molecule has 2 saturated heterocycles. The number of hydrogen-bond acceptors (Lipinski definition) is 7. The smallest absolute Gasteiger partial charge is 0.257 e. The number of rotatable bonds is 6. The van der Waals surface area contributed by atoms with Crippen molar-refractivity contribution in [3.63, 3.8) is 0 Å². The van der Waals surface area contributed by atoms with Gasteiger partial charge in [-0.25, -0.2) is 4.98 Å². The second-order valence-corrected chi connectivity index (χ2v) is 12.7. The molecule has 1 aromatic carbocycles. The predicted molar refractivity (Wildman–Crippen MR) is 162 cm³/mol. The van der Waals surface area contributed by atoms with Crippen molar-refractivity contribution >= 4 is 28.3 Å². The van der Waals surface area contributed by atoms with Gasteiger partial charge in [-0.1, -0.05) is 30.4 Å². The number of fused-ring (bicyclic) bond motifs is 1. The normalized spacial score (nSPS) is 24.3. The van der Waals surface area contributed by atoms with Crippen molar-refractivity contribution < 1.29 is 14.3 Å². The maximum absolute atomic E-state index is 13.7. The Balaban J connectivity index is 1.03. The first-order chi connectivity index (χ1) is 20.6. The van der Waals surface area contributed by atoms with Crippen molar-refractivity contribution in [2.45, 2.75) is 56.5 Å². The summed E-state index contributed by atoms with van der Waals surface area (Å²) in [5.74, 6) is 0.0209. The maximum Gasteiger partial charge on any atom is 0.257 e. The summed E-state index contributed by atoms with van der Waals surface area (Å²) >= 11 is 1.60. The van der Waals surface area contributed by atoms with Crippen LogP contribution in [0.5, 0.6) is 0 Å². The fourth-order valence-electron chi connectivity index (χ4n) is 6.76. The number of ether oxygens (including phenoxy) is 1. The van der Waals surface area contributed by atoms with Crippen LogP contribution in [0.4, 0.5) is 5.13 Å². The molecule has 3 atom stereocenters. The van der Waals surface area contributed by atoms with Crippen LogP contribution in [0.1, 0.15) is 69.7 Å². The molecule has 9 nitrogen and oxygen atoms in total. The minimum absolute atomic E-state index is 0.0422. The first-order valence-electron chi connectivity index (χ1n) is 15.0. The van der Waals surface area contributed by atoms with Crippen molar-refractivity contribution in [2.75, 3.05) is 38.2 Å². The Kier molecular flexibility index (Phi) is 7.75. The number of hydrogen-bond donors (Lipinski definition) is 2. The zero-order chi connectivity index (χ0) is 28.5. The molecule has 2 aliphatic heterocycles. The van der Waals surface area contributed by atoms with Crippen molar-refractivity contribution in [1.29, 1.82) is 0 Å². The lowest BCUT2D eigenvalue weighted by Crippen LogP contribution is -2.45. The second-order valence-electron chi connectivity index (χ2n) is 11.6. The lowest BCUT2D eigenvalue weighted by molar-refractivity contribution is -0.127. The van der Waals surface area contributed by atoms with E-state index in [4.69, 9.17) is 9.72 Å². The number of thiazole rings is 1. The van der Waals surface area contributed by atoms with Gasteiger partial charge < -0.3 is 9.64 Å². The third-order valence-corrected chi connectivity index (χ3v) is 10.0. The lowest BCUT2D eigenvalue weighted by Gasteiger charge is -2.36. The Morgan fingerprint density at radius 1 is 1.12 bits per heavy atom. The van der Waals surface area contributed by atoms with Crippen LogP contribution < -0.4 is 5.32 Å². The molecule has 4 heterocycles. The number of aryl methyl sites for hydroxylation is 1. The Morgan fingerprint density at radius 2 is 2.02 bits per heavy atom. The highest BCUT2D eigenvalue weighted by Gasteiger charge is 2.33. The molecule has 0 saturated carbocycles. The summed E-state index contributed by atoms with van der Waals surface area (Å²) in [6, 6.07) is 8.19. The molecule has 218 valence electrons. The number of carbonyl (C=O) groups is 2. The Labute approximate surface area is 249 Å². The van der Waals surface area contributed by atoms with Gasteiger partial charge in [0.2, 0.25) is 0 Å². The lowest BCUT2D eigenvalue weighted by atomic mass is 9.91. The average Bonchev–Trinajstić information content (AvgIpc) is 3.82. The first-order valence-corrected chi connectivity index (χ1v) is 15.8. The number of nitrogens with zero attached hydrogens (tertiary/aromatic N) is 4. The minimum Gasteiger partial charge on any atom is -0.379 e. The summed E-state index contributed by atoms with van der Waals surface area (Å²) in [4.78, 5) is 37.6. The Bertz CT molecular complexity index is 1510. The third-order valence-electron chi connectivity index (χ3n) is 9.01. The van der Waals surface area contributed by atoms with Gasteiger partial charge in [0.25, 0.3) is 11.8 Å². The van der Waals surface area contributed by atoms with E-state index in [0.29, 0.717) is 23.3 Å². The number of carbonyl (C=O) groups excluding carboxylic acids is 2. The summed E-state index contributed by atoms with van der Waals surface area (Å²) in [6.45, 7) is 4.30. The van der Waals surface area contributed by atoms with Crippen molar-refractivity contribution in [3.05, 3.63) is 87.7 Å². The summed E-state index contributed by atoms with van der Waals surface area (Å²) < 4.78 is 5.53. The summed E-state index contributed by atoms with van der Waals surface area (Å²) in [6.07, 6.45) is 15.5. The molecule has 0 bridgehead atoms. The van der Waals surface area contributed by atoms with Crippen molar-refractivity contribution in [3.8, 4) is 0 Å². The zero-order valence-corrected chi connectivity index (χ0v) is 24.4. The fourth-order valence-corrected chi connectivity index (χ4v) is 7.84. The molecule has 1 unspecified atom stereocenters. The minimum atomic E-state index is -0.163. The van der Waals surface area contributed by atoms with Gasteiger partial charge in [-0.2, -0.15) is 5.10 Å². The van der Waals surface area contributed by atoms with Gasteiger partial charge >= 0.3 is 0 Å². The third kappa shape index (κ3) is 5.58. The van der Waals surface area contributed by atoms with Crippen LogP contribution in [-0.4, -0.2) is 75.7 Å².